The van der Waals surface area contributed by atoms with Gasteiger partial charge in [-0.15, -0.1) is 0 Å². The van der Waals surface area contributed by atoms with Gasteiger partial charge in [-0.3, -0.25) is 9.78 Å². The summed E-state index contributed by atoms with van der Waals surface area (Å²) in [6, 6.07) is 11.4. The highest BCUT2D eigenvalue weighted by Crippen LogP contribution is 2.20. The Bertz CT molecular complexity index is 904. The molecule has 0 aliphatic carbocycles. The summed E-state index contributed by atoms with van der Waals surface area (Å²) in [5, 5.41) is 6.18. The first kappa shape index (κ1) is 17.5. The lowest BCUT2D eigenvalue weighted by atomic mass is 10.1. The monoisotopic (exact) mass is 347 g/mol. The van der Waals surface area contributed by atoms with Crippen LogP contribution in [0.5, 0.6) is 0 Å². The number of amides is 1. The Balaban J connectivity index is 1.77. The van der Waals surface area contributed by atoms with Gasteiger partial charge in [-0.2, -0.15) is 0 Å². The number of aryl methyl sites for hydroxylation is 3. The molecule has 1 aromatic carbocycles. The van der Waals surface area contributed by atoms with Crippen LogP contribution in [-0.2, 0) is 6.54 Å². The number of nitrogens with one attached hydrogen (secondary N) is 2. The van der Waals surface area contributed by atoms with E-state index in [4.69, 9.17) is 0 Å². The van der Waals surface area contributed by atoms with Crippen LogP contribution in [0.25, 0.3) is 0 Å². The van der Waals surface area contributed by atoms with Crippen molar-refractivity contribution >= 4 is 17.4 Å². The fourth-order valence-electron chi connectivity index (χ4n) is 2.66. The number of aromatic nitrogens is 3. The second-order valence-corrected chi connectivity index (χ2v) is 6.12. The van der Waals surface area contributed by atoms with Crippen LogP contribution in [0.4, 0.5) is 11.5 Å². The molecule has 0 fully saturated rings. The van der Waals surface area contributed by atoms with Gasteiger partial charge >= 0.3 is 0 Å². The molecular weight excluding hydrogens is 326 g/mol. The van der Waals surface area contributed by atoms with Crippen molar-refractivity contribution in [2.75, 3.05) is 10.6 Å². The highest BCUT2D eigenvalue weighted by atomic mass is 16.1. The topological polar surface area (TPSA) is 79.8 Å². The van der Waals surface area contributed by atoms with Gasteiger partial charge in [-0.05, 0) is 49.6 Å². The molecule has 0 spiro atoms. The highest BCUT2D eigenvalue weighted by Gasteiger charge is 2.13. The minimum absolute atomic E-state index is 0.250. The minimum atomic E-state index is -0.250. The molecule has 6 nitrogen and oxygen atoms in total. The molecule has 0 saturated heterocycles. The maximum absolute atomic E-state index is 12.7. The van der Waals surface area contributed by atoms with Gasteiger partial charge in [0.2, 0.25) is 0 Å². The Hall–Kier alpha value is -3.28. The van der Waals surface area contributed by atoms with E-state index in [1.54, 1.807) is 25.4 Å². The van der Waals surface area contributed by atoms with Gasteiger partial charge in [0, 0.05) is 30.7 Å². The third-order valence-corrected chi connectivity index (χ3v) is 4.01. The molecule has 3 aromatic rings. The quantitative estimate of drug-likeness (QED) is 0.736. The van der Waals surface area contributed by atoms with E-state index in [1.165, 1.54) is 0 Å². The Kier molecular flexibility index (Phi) is 5.22. The Morgan fingerprint density at radius 2 is 1.69 bits per heavy atom. The van der Waals surface area contributed by atoms with Crippen LogP contribution in [0.3, 0.4) is 0 Å². The molecule has 1 amide bonds. The molecular formula is C20H21N5O. The molecule has 2 N–H and O–H groups in total. The van der Waals surface area contributed by atoms with Crippen molar-refractivity contribution in [3.63, 3.8) is 0 Å². The summed E-state index contributed by atoms with van der Waals surface area (Å²) in [5.74, 6) is 0.900. The lowest BCUT2D eigenvalue weighted by molar-refractivity contribution is 0.102. The van der Waals surface area contributed by atoms with Gasteiger partial charge in [0.05, 0.1) is 0 Å². The predicted molar refractivity (Wildman–Crippen MR) is 102 cm³/mol. The molecule has 3 rings (SSSR count). The van der Waals surface area contributed by atoms with Gasteiger partial charge in [-0.1, -0.05) is 18.2 Å². The number of pyridine rings is 1. The molecule has 0 saturated carbocycles. The highest BCUT2D eigenvalue weighted by molar-refractivity contribution is 6.04. The number of nitrogens with zero attached hydrogens (tertiary/aromatic N) is 3. The van der Waals surface area contributed by atoms with Crippen LogP contribution < -0.4 is 10.6 Å². The van der Waals surface area contributed by atoms with E-state index in [9.17, 15) is 4.79 Å². The zero-order valence-electron chi connectivity index (χ0n) is 15.1. The first-order valence-electron chi connectivity index (χ1n) is 8.39. The number of benzene rings is 1. The van der Waals surface area contributed by atoms with Crippen molar-refractivity contribution in [3.8, 4) is 0 Å². The summed E-state index contributed by atoms with van der Waals surface area (Å²) < 4.78 is 0. The summed E-state index contributed by atoms with van der Waals surface area (Å²) >= 11 is 0. The predicted octanol–water partition coefficient (Wildman–Crippen LogP) is 3.66. The first-order chi connectivity index (χ1) is 12.5. The van der Waals surface area contributed by atoms with Crippen LogP contribution in [0.2, 0.25) is 0 Å². The van der Waals surface area contributed by atoms with E-state index in [1.807, 2.05) is 44.2 Å². The van der Waals surface area contributed by atoms with Gasteiger partial charge in [0.25, 0.3) is 5.91 Å². The van der Waals surface area contributed by atoms with E-state index in [2.05, 4.69) is 25.6 Å². The number of carbonyl (C=O) groups is 1. The second kappa shape index (κ2) is 7.74. The largest absolute Gasteiger partial charge is 0.366 e. The Morgan fingerprint density at radius 3 is 2.38 bits per heavy atom. The third-order valence-electron chi connectivity index (χ3n) is 4.01. The molecule has 6 heteroatoms. The van der Waals surface area contributed by atoms with Crippen molar-refractivity contribution in [1.29, 1.82) is 0 Å². The lowest BCUT2D eigenvalue weighted by Crippen LogP contribution is -2.17. The third kappa shape index (κ3) is 4.22. The minimum Gasteiger partial charge on any atom is -0.366 e. The molecule has 2 aromatic heterocycles. The summed E-state index contributed by atoms with van der Waals surface area (Å²) in [7, 11) is 0. The molecule has 0 aliphatic heterocycles. The summed E-state index contributed by atoms with van der Waals surface area (Å²) in [5.41, 5.74) is 4.26. The molecule has 0 atom stereocenters. The first-order valence-corrected chi connectivity index (χ1v) is 8.39. The summed E-state index contributed by atoms with van der Waals surface area (Å²) in [4.78, 5) is 25.3. The molecule has 2 heterocycles. The van der Waals surface area contributed by atoms with E-state index in [-0.39, 0.29) is 5.91 Å². The van der Waals surface area contributed by atoms with Crippen LogP contribution >= 0.6 is 0 Å². The average molecular weight is 347 g/mol. The maximum Gasteiger partial charge on any atom is 0.274 e. The number of para-hydroxylation sites is 1. The average Bonchev–Trinajstić information content (AvgIpc) is 2.63. The molecule has 0 bridgehead atoms. The number of hydrogen-bond acceptors (Lipinski definition) is 5. The standard InChI is InChI=1S/C20H21N5O/c1-13-5-4-6-14(2)19(13)25-20(26)17-11-18(24-15(3)23-17)22-12-16-7-9-21-10-8-16/h4-11H,12H2,1-3H3,(H,25,26)(H,22,23,24). The van der Waals surface area contributed by atoms with Crippen LogP contribution in [0.1, 0.15) is 33.0 Å². The number of carbonyl (C=O) groups excluding carboxylic acids is 1. The van der Waals surface area contributed by atoms with Crippen molar-refractivity contribution in [1.82, 2.24) is 15.0 Å². The fraction of sp³-hybridized carbons (Fsp3) is 0.200. The van der Waals surface area contributed by atoms with Crippen molar-refractivity contribution in [3.05, 3.63) is 77.0 Å². The normalized spacial score (nSPS) is 10.4. The lowest BCUT2D eigenvalue weighted by Gasteiger charge is -2.12. The summed E-state index contributed by atoms with van der Waals surface area (Å²) in [6.07, 6.45) is 3.48. The van der Waals surface area contributed by atoms with Gasteiger partial charge < -0.3 is 10.6 Å². The maximum atomic E-state index is 12.7. The van der Waals surface area contributed by atoms with Crippen LogP contribution in [-0.4, -0.2) is 20.9 Å². The molecule has 26 heavy (non-hydrogen) atoms. The van der Waals surface area contributed by atoms with Crippen LogP contribution in [0, 0.1) is 20.8 Å². The van der Waals surface area contributed by atoms with Crippen molar-refractivity contribution in [2.45, 2.75) is 27.3 Å². The smallest absolute Gasteiger partial charge is 0.274 e. The van der Waals surface area contributed by atoms with E-state index in [0.717, 1.165) is 22.4 Å². The SMILES string of the molecule is Cc1nc(NCc2ccncc2)cc(C(=O)Nc2c(C)cccc2C)n1. The zero-order valence-corrected chi connectivity index (χ0v) is 15.1. The van der Waals surface area contributed by atoms with Crippen LogP contribution in [0.15, 0.2) is 48.8 Å². The van der Waals surface area contributed by atoms with E-state index >= 15 is 0 Å². The van der Waals surface area contributed by atoms with Gasteiger partial charge in [0.1, 0.15) is 17.3 Å². The van der Waals surface area contributed by atoms with Gasteiger partial charge in [0.15, 0.2) is 0 Å². The van der Waals surface area contributed by atoms with E-state index < -0.39 is 0 Å². The number of hydrogen-bond donors (Lipinski definition) is 2. The summed E-state index contributed by atoms with van der Waals surface area (Å²) in [6.45, 7) is 6.30. The molecule has 0 radical (unpaired) electrons. The Labute approximate surface area is 152 Å². The Morgan fingerprint density at radius 1 is 1.00 bits per heavy atom. The van der Waals surface area contributed by atoms with Crippen molar-refractivity contribution in [2.24, 2.45) is 0 Å². The fourth-order valence-corrected chi connectivity index (χ4v) is 2.66. The molecule has 0 unspecified atom stereocenters. The molecule has 0 aliphatic rings. The number of rotatable bonds is 5. The zero-order chi connectivity index (χ0) is 18.5. The van der Waals surface area contributed by atoms with Gasteiger partial charge in [-0.25, -0.2) is 9.97 Å². The second-order valence-electron chi connectivity index (χ2n) is 6.12. The van der Waals surface area contributed by atoms with E-state index in [0.29, 0.717) is 23.9 Å². The molecule has 132 valence electrons. The number of anilines is 2. The van der Waals surface area contributed by atoms with Crippen molar-refractivity contribution < 1.29 is 4.79 Å².